The highest BCUT2D eigenvalue weighted by Gasteiger charge is 2.35. The van der Waals surface area contributed by atoms with Crippen LogP contribution in [0.2, 0.25) is 5.02 Å². The lowest BCUT2D eigenvalue weighted by Gasteiger charge is -2.25. The molecule has 0 unspecified atom stereocenters. The van der Waals surface area contributed by atoms with Gasteiger partial charge in [0, 0.05) is 0 Å². The van der Waals surface area contributed by atoms with E-state index in [1.54, 1.807) is 26.0 Å². The van der Waals surface area contributed by atoms with E-state index in [1.165, 1.54) is 36.4 Å². The van der Waals surface area contributed by atoms with E-state index in [0.29, 0.717) is 10.4 Å². The first kappa shape index (κ1) is 31.6. The van der Waals surface area contributed by atoms with E-state index in [2.05, 4.69) is 10.6 Å². The summed E-state index contributed by atoms with van der Waals surface area (Å²) in [4.78, 5) is 26.2. The molecule has 43 heavy (non-hydrogen) atoms. The van der Waals surface area contributed by atoms with E-state index in [-0.39, 0.29) is 22.2 Å². The molecular formula is C31H27ClF3N3O4S. The molecule has 4 aromatic rings. The molecule has 0 aromatic heterocycles. The van der Waals surface area contributed by atoms with Gasteiger partial charge in [0.05, 0.1) is 38.5 Å². The molecule has 2 N–H and O–H groups in total. The summed E-state index contributed by atoms with van der Waals surface area (Å²) in [6.45, 7) is 2.64. The van der Waals surface area contributed by atoms with Crippen molar-refractivity contribution < 1.29 is 31.2 Å². The van der Waals surface area contributed by atoms with Gasteiger partial charge in [0.1, 0.15) is 6.54 Å². The number of hydrogen-bond acceptors (Lipinski definition) is 4. The fourth-order valence-corrected chi connectivity index (χ4v) is 5.89. The minimum atomic E-state index is -4.88. The first-order valence-corrected chi connectivity index (χ1v) is 14.8. The number of amides is 2. The Bertz CT molecular complexity index is 1730. The monoisotopic (exact) mass is 629 g/mol. The van der Waals surface area contributed by atoms with Crippen molar-refractivity contribution in [2.24, 2.45) is 0 Å². The number of anilines is 2. The summed E-state index contributed by atoms with van der Waals surface area (Å²) in [5, 5.41) is 4.77. The van der Waals surface area contributed by atoms with Crippen LogP contribution in [-0.2, 0) is 21.0 Å². The molecule has 2 amide bonds. The van der Waals surface area contributed by atoms with Gasteiger partial charge in [0.2, 0.25) is 5.91 Å². The molecule has 0 saturated heterocycles. The van der Waals surface area contributed by atoms with Crippen LogP contribution in [-0.4, -0.2) is 26.8 Å². The predicted octanol–water partition coefficient (Wildman–Crippen LogP) is 6.99. The topological polar surface area (TPSA) is 95.6 Å². The van der Waals surface area contributed by atoms with Crippen LogP contribution in [0.5, 0.6) is 0 Å². The minimum absolute atomic E-state index is 0.0880. The summed E-state index contributed by atoms with van der Waals surface area (Å²) >= 11 is 5.76. The highest BCUT2D eigenvalue weighted by molar-refractivity contribution is 7.92. The molecule has 0 aliphatic heterocycles. The molecule has 4 aromatic carbocycles. The van der Waals surface area contributed by atoms with Crippen LogP contribution < -0.4 is 14.9 Å². The van der Waals surface area contributed by atoms with Crippen LogP contribution in [0.3, 0.4) is 0 Å². The zero-order chi connectivity index (χ0) is 31.4. The van der Waals surface area contributed by atoms with Gasteiger partial charge < -0.3 is 10.6 Å². The Morgan fingerprint density at radius 2 is 1.53 bits per heavy atom. The van der Waals surface area contributed by atoms with Crippen LogP contribution >= 0.6 is 11.6 Å². The molecule has 12 heteroatoms. The number of benzene rings is 4. The van der Waals surface area contributed by atoms with E-state index in [4.69, 9.17) is 11.6 Å². The third-order valence-corrected chi connectivity index (χ3v) is 8.65. The van der Waals surface area contributed by atoms with E-state index in [1.807, 2.05) is 30.3 Å². The maximum atomic E-state index is 13.7. The highest BCUT2D eigenvalue weighted by atomic mass is 35.5. The number of rotatable bonds is 9. The van der Waals surface area contributed by atoms with Gasteiger partial charge in [-0.1, -0.05) is 71.8 Å². The van der Waals surface area contributed by atoms with Crippen molar-refractivity contribution in [2.45, 2.75) is 31.0 Å². The molecule has 0 aliphatic carbocycles. The quantitative estimate of drug-likeness (QED) is 0.209. The molecule has 0 fully saturated rings. The third-order valence-electron chi connectivity index (χ3n) is 6.53. The first-order valence-electron chi connectivity index (χ1n) is 13.0. The van der Waals surface area contributed by atoms with Crippen LogP contribution in [0.4, 0.5) is 24.5 Å². The molecule has 0 saturated carbocycles. The summed E-state index contributed by atoms with van der Waals surface area (Å²) in [7, 11) is -4.52. The average Bonchev–Trinajstić information content (AvgIpc) is 2.96. The van der Waals surface area contributed by atoms with Crippen LogP contribution in [0.25, 0.3) is 0 Å². The van der Waals surface area contributed by atoms with Gasteiger partial charge in [-0.25, -0.2) is 8.42 Å². The van der Waals surface area contributed by atoms with Crippen molar-refractivity contribution >= 4 is 44.8 Å². The molecule has 0 radical (unpaired) electrons. The molecule has 0 aliphatic rings. The molecule has 7 nitrogen and oxygen atoms in total. The fourth-order valence-electron chi connectivity index (χ4n) is 4.25. The van der Waals surface area contributed by atoms with E-state index < -0.39 is 50.8 Å². The Balaban J connectivity index is 1.65. The van der Waals surface area contributed by atoms with Crippen LogP contribution in [0.1, 0.15) is 40.0 Å². The molecule has 1 atom stereocenters. The van der Waals surface area contributed by atoms with Crippen molar-refractivity contribution in [3.05, 3.63) is 124 Å². The van der Waals surface area contributed by atoms with Gasteiger partial charge in [-0.05, 0) is 61.9 Å². The largest absolute Gasteiger partial charge is 0.417 e. The number of alkyl halides is 3. The van der Waals surface area contributed by atoms with E-state index in [9.17, 15) is 31.2 Å². The minimum Gasteiger partial charge on any atom is -0.345 e. The molecule has 0 spiro atoms. The van der Waals surface area contributed by atoms with Crippen molar-refractivity contribution in [3.8, 4) is 0 Å². The number of sulfonamides is 1. The number of halogens is 4. The van der Waals surface area contributed by atoms with Crippen LogP contribution in [0, 0.1) is 6.92 Å². The summed E-state index contributed by atoms with van der Waals surface area (Å²) < 4.78 is 68.9. The third kappa shape index (κ3) is 7.54. The summed E-state index contributed by atoms with van der Waals surface area (Å²) in [5.41, 5.74) is 0.129. The van der Waals surface area contributed by atoms with Crippen molar-refractivity contribution in [1.82, 2.24) is 5.32 Å². The first-order chi connectivity index (χ1) is 20.3. The van der Waals surface area contributed by atoms with Gasteiger partial charge in [-0.15, -0.1) is 0 Å². The maximum absolute atomic E-state index is 13.7. The van der Waals surface area contributed by atoms with Crippen molar-refractivity contribution in [1.29, 1.82) is 0 Å². The summed E-state index contributed by atoms with van der Waals surface area (Å²) in [6, 6.07) is 23.2. The predicted molar refractivity (Wildman–Crippen MR) is 160 cm³/mol. The molecule has 0 heterocycles. The lowest BCUT2D eigenvalue weighted by atomic mass is 10.1. The second-order valence-electron chi connectivity index (χ2n) is 9.69. The van der Waals surface area contributed by atoms with Crippen molar-refractivity contribution in [3.63, 3.8) is 0 Å². The lowest BCUT2D eigenvalue weighted by molar-refractivity contribution is -0.137. The Hall–Kier alpha value is -4.35. The number of para-hydroxylation sites is 1. The molecule has 0 bridgehead atoms. The Kier molecular flexibility index (Phi) is 9.46. The number of nitrogens with one attached hydrogen (secondary N) is 2. The van der Waals surface area contributed by atoms with Gasteiger partial charge in [0.15, 0.2) is 0 Å². The van der Waals surface area contributed by atoms with Crippen molar-refractivity contribution in [2.75, 3.05) is 16.2 Å². The zero-order valence-corrected chi connectivity index (χ0v) is 24.6. The number of aryl methyl sites for hydroxylation is 1. The van der Waals surface area contributed by atoms with Gasteiger partial charge in [-0.2, -0.15) is 13.2 Å². The van der Waals surface area contributed by atoms with E-state index >= 15 is 0 Å². The van der Waals surface area contributed by atoms with Gasteiger partial charge >= 0.3 is 6.18 Å². The van der Waals surface area contributed by atoms with E-state index in [0.717, 1.165) is 23.3 Å². The normalized spacial score (nSPS) is 12.3. The number of carbonyl (C=O) groups excluding carboxylic acids is 2. The average molecular weight is 630 g/mol. The number of hydrogen-bond donors (Lipinski definition) is 2. The van der Waals surface area contributed by atoms with Crippen LogP contribution in [0.15, 0.2) is 102 Å². The Morgan fingerprint density at radius 1 is 0.907 bits per heavy atom. The lowest BCUT2D eigenvalue weighted by Crippen LogP contribution is -2.38. The standard InChI is InChI=1S/C31H27ClF3N3O4S/c1-20-12-15-24(16-13-20)43(41,42)38(23-14-17-27(32)26(18-23)31(33,34)35)19-29(39)37-28-11-7-6-10-25(28)30(40)36-21(2)22-8-4-3-5-9-22/h3-18,21H,19H2,1-2H3,(H,36,40)(H,37,39)/t21-/m1/s1. The Morgan fingerprint density at radius 3 is 2.19 bits per heavy atom. The molecule has 4 rings (SSSR count). The summed E-state index contributed by atoms with van der Waals surface area (Å²) in [6.07, 6.45) is -4.88. The maximum Gasteiger partial charge on any atom is 0.417 e. The Labute approximate surface area is 252 Å². The zero-order valence-electron chi connectivity index (χ0n) is 23.0. The number of carbonyl (C=O) groups is 2. The second-order valence-corrected chi connectivity index (χ2v) is 12.0. The molecular weight excluding hydrogens is 603 g/mol. The fraction of sp³-hybridized carbons (Fsp3) is 0.161. The smallest absolute Gasteiger partial charge is 0.345 e. The van der Waals surface area contributed by atoms with Gasteiger partial charge in [-0.3, -0.25) is 13.9 Å². The van der Waals surface area contributed by atoms with Gasteiger partial charge in [0.25, 0.3) is 15.9 Å². The SMILES string of the molecule is Cc1ccc(S(=O)(=O)N(CC(=O)Nc2ccccc2C(=O)N[C@H](C)c2ccccc2)c2ccc(Cl)c(C(F)(F)F)c2)cc1. The number of nitrogens with zero attached hydrogens (tertiary/aromatic N) is 1. The summed E-state index contributed by atoms with van der Waals surface area (Å²) in [5.74, 6) is -1.39. The second kappa shape index (κ2) is 12.9. The molecule has 224 valence electrons. The highest BCUT2D eigenvalue weighted by Crippen LogP contribution is 2.38.